The van der Waals surface area contributed by atoms with Crippen LogP contribution in [0.5, 0.6) is 11.5 Å². The molecule has 0 aromatic heterocycles. The molecule has 158 valence electrons. The average Bonchev–Trinajstić information content (AvgIpc) is 2.71. The maximum Gasteiger partial charge on any atom is 0.163 e. The first-order valence-electron chi connectivity index (χ1n) is 10.00. The first kappa shape index (κ1) is 22.2. The van der Waals surface area contributed by atoms with Gasteiger partial charge in [0.15, 0.2) is 11.5 Å². The molecule has 0 amide bonds. The SMILES string of the molecule is CCOc1cc(CNCC2CCNCC2)c(Cl)cc1OCc1ccc(F)cc1Cl. The summed E-state index contributed by atoms with van der Waals surface area (Å²) in [6.45, 7) is 6.46. The largest absolute Gasteiger partial charge is 0.490 e. The Morgan fingerprint density at radius 3 is 2.48 bits per heavy atom. The Kier molecular flexibility index (Phi) is 8.42. The van der Waals surface area contributed by atoms with Crippen LogP contribution < -0.4 is 20.1 Å². The Balaban J connectivity index is 1.64. The molecular formula is C22H27Cl2FN2O2. The van der Waals surface area contributed by atoms with Gasteiger partial charge in [0.2, 0.25) is 0 Å². The monoisotopic (exact) mass is 440 g/mol. The van der Waals surface area contributed by atoms with Crippen LogP contribution in [0.2, 0.25) is 10.0 Å². The van der Waals surface area contributed by atoms with E-state index in [1.54, 1.807) is 12.1 Å². The first-order chi connectivity index (χ1) is 14.1. The highest BCUT2D eigenvalue weighted by molar-refractivity contribution is 6.31. The van der Waals surface area contributed by atoms with Crippen LogP contribution in [0.1, 0.15) is 30.9 Å². The maximum atomic E-state index is 13.2. The molecule has 1 fully saturated rings. The molecule has 0 saturated carbocycles. The standard InChI is InChI=1S/C22H27Cl2FN2O2/c1-2-28-21-9-17(13-27-12-15-5-7-26-8-6-15)20(24)11-22(21)29-14-16-3-4-18(25)10-19(16)23/h3-4,9-11,15,26-27H,2,5-8,12-14H2,1H3. The second-order valence-electron chi connectivity index (χ2n) is 7.17. The topological polar surface area (TPSA) is 42.5 Å². The Hall–Kier alpha value is -1.53. The molecule has 0 radical (unpaired) electrons. The summed E-state index contributed by atoms with van der Waals surface area (Å²) < 4.78 is 24.9. The van der Waals surface area contributed by atoms with Crippen molar-refractivity contribution in [3.63, 3.8) is 0 Å². The zero-order valence-electron chi connectivity index (χ0n) is 16.6. The van der Waals surface area contributed by atoms with Crippen molar-refractivity contribution in [3.05, 3.63) is 57.3 Å². The van der Waals surface area contributed by atoms with E-state index < -0.39 is 0 Å². The van der Waals surface area contributed by atoms with Gasteiger partial charge in [0.1, 0.15) is 12.4 Å². The number of hydrogen-bond donors (Lipinski definition) is 2. The lowest BCUT2D eigenvalue weighted by molar-refractivity contribution is 0.269. The van der Waals surface area contributed by atoms with Gasteiger partial charge in [0.25, 0.3) is 0 Å². The number of piperidine rings is 1. The van der Waals surface area contributed by atoms with E-state index >= 15 is 0 Å². The van der Waals surface area contributed by atoms with E-state index in [4.69, 9.17) is 32.7 Å². The predicted molar refractivity (Wildman–Crippen MR) is 116 cm³/mol. The predicted octanol–water partition coefficient (Wildman–Crippen LogP) is 5.20. The van der Waals surface area contributed by atoms with E-state index in [2.05, 4.69) is 10.6 Å². The Bertz CT molecular complexity index is 814. The van der Waals surface area contributed by atoms with Crippen molar-refractivity contribution in [3.8, 4) is 11.5 Å². The third-order valence-corrected chi connectivity index (χ3v) is 5.72. The quantitative estimate of drug-likeness (QED) is 0.562. The summed E-state index contributed by atoms with van der Waals surface area (Å²) in [5.41, 5.74) is 1.66. The molecule has 29 heavy (non-hydrogen) atoms. The summed E-state index contributed by atoms with van der Waals surface area (Å²) >= 11 is 12.6. The summed E-state index contributed by atoms with van der Waals surface area (Å²) in [5, 5.41) is 7.84. The molecule has 2 aromatic carbocycles. The van der Waals surface area contributed by atoms with Gasteiger partial charge in [-0.2, -0.15) is 0 Å². The molecular weight excluding hydrogens is 414 g/mol. The minimum Gasteiger partial charge on any atom is -0.490 e. The molecule has 0 aliphatic carbocycles. The number of rotatable bonds is 9. The molecule has 0 spiro atoms. The molecule has 1 heterocycles. The van der Waals surface area contributed by atoms with Crippen molar-refractivity contribution < 1.29 is 13.9 Å². The Morgan fingerprint density at radius 1 is 1.03 bits per heavy atom. The van der Waals surface area contributed by atoms with Crippen molar-refractivity contribution in [2.24, 2.45) is 5.92 Å². The van der Waals surface area contributed by atoms with Crippen molar-refractivity contribution in [2.75, 3.05) is 26.2 Å². The van der Waals surface area contributed by atoms with Gasteiger partial charge in [-0.25, -0.2) is 4.39 Å². The fourth-order valence-electron chi connectivity index (χ4n) is 3.38. The van der Waals surface area contributed by atoms with Crippen LogP contribution in [0, 0.1) is 11.7 Å². The molecule has 2 aromatic rings. The molecule has 3 rings (SSSR count). The molecule has 0 unspecified atom stereocenters. The summed E-state index contributed by atoms with van der Waals surface area (Å²) in [6.07, 6.45) is 2.40. The molecule has 2 N–H and O–H groups in total. The van der Waals surface area contributed by atoms with E-state index in [0.29, 0.717) is 46.2 Å². The molecule has 1 saturated heterocycles. The Morgan fingerprint density at radius 2 is 1.76 bits per heavy atom. The van der Waals surface area contributed by atoms with Gasteiger partial charge >= 0.3 is 0 Å². The second kappa shape index (κ2) is 11.0. The van der Waals surface area contributed by atoms with Crippen LogP contribution in [0.3, 0.4) is 0 Å². The van der Waals surface area contributed by atoms with Crippen molar-refractivity contribution in [2.45, 2.75) is 32.9 Å². The van der Waals surface area contributed by atoms with E-state index in [1.807, 2.05) is 13.0 Å². The van der Waals surface area contributed by atoms with Crippen LogP contribution in [-0.4, -0.2) is 26.2 Å². The smallest absolute Gasteiger partial charge is 0.163 e. The number of benzene rings is 2. The second-order valence-corrected chi connectivity index (χ2v) is 7.99. The molecule has 0 atom stereocenters. The van der Waals surface area contributed by atoms with Crippen molar-refractivity contribution in [1.82, 2.24) is 10.6 Å². The van der Waals surface area contributed by atoms with Gasteiger partial charge in [-0.1, -0.05) is 29.3 Å². The number of hydrogen-bond acceptors (Lipinski definition) is 4. The summed E-state index contributed by atoms with van der Waals surface area (Å²) in [6, 6.07) is 7.93. The highest BCUT2D eigenvalue weighted by Crippen LogP contribution is 2.34. The average molecular weight is 441 g/mol. The van der Waals surface area contributed by atoms with Crippen LogP contribution in [-0.2, 0) is 13.2 Å². The molecule has 4 nitrogen and oxygen atoms in total. The highest BCUT2D eigenvalue weighted by atomic mass is 35.5. The van der Waals surface area contributed by atoms with E-state index in [-0.39, 0.29) is 12.4 Å². The minimum absolute atomic E-state index is 0.197. The lowest BCUT2D eigenvalue weighted by Crippen LogP contribution is -2.33. The van der Waals surface area contributed by atoms with Gasteiger partial charge < -0.3 is 20.1 Å². The van der Waals surface area contributed by atoms with Gasteiger partial charge in [-0.15, -0.1) is 0 Å². The molecule has 1 aliphatic heterocycles. The third kappa shape index (κ3) is 6.48. The molecule has 1 aliphatic rings. The Labute approximate surface area is 181 Å². The van der Waals surface area contributed by atoms with Gasteiger partial charge in [0, 0.05) is 23.2 Å². The number of nitrogens with one attached hydrogen (secondary N) is 2. The fourth-order valence-corrected chi connectivity index (χ4v) is 3.83. The van der Waals surface area contributed by atoms with Gasteiger partial charge in [-0.3, -0.25) is 0 Å². The summed E-state index contributed by atoms with van der Waals surface area (Å²) in [7, 11) is 0. The van der Waals surface area contributed by atoms with Crippen LogP contribution in [0.25, 0.3) is 0 Å². The summed E-state index contributed by atoms with van der Waals surface area (Å²) in [4.78, 5) is 0. The van der Waals surface area contributed by atoms with Crippen molar-refractivity contribution in [1.29, 1.82) is 0 Å². The lowest BCUT2D eigenvalue weighted by Gasteiger charge is -2.23. The zero-order valence-corrected chi connectivity index (χ0v) is 18.1. The normalized spacial score (nSPS) is 14.8. The van der Waals surface area contributed by atoms with E-state index in [1.165, 1.54) is 25.0 Å². The van der Waals surface area contributed by atoms with E-state index in [0.717, 1.165) is 25.2 Å². The van der Waals surface area contributed by atoms with Gasteiger partial charge in [-0.05, 0) is 69.1 Å². The van der Waals surface area contributed by atoms with Crippen LogP contribution >= 0.6 is 23.2 Å². The number of halogens is 3. The lowest BCUT2D eigenvalue weighted by atomic mass is 9.98. The minimum atomic E-state index is -0.377. The van der Waals surface area contributed by atoms with E-state index in [9.17, 15) is 4.39 Å². The fraction of sp³-hybridized carbons (Fsp3) is 0.455. The van der Waals surface area contributed by atoms with Gasteiger partial charge in [0.05, 0.1) is 11.6 Å². The third-order valence-electron chi connectivity index (χ3n) is 5.02. The number of ether oxygens (including phenoxy) is 2. The maximum absolute atomic E-state index is 13.2. The van der Waals surface area contributed by atoms with Crippen LogP contribution in [0.4, 0.5) is 4.39 Å². The first-order valence-corrected chi connectivity index (χ1v) is 10.8. The molecule has 7 heteroatoms. The van der Waals surface area contributed by atoms with Crippen LogP contribution in [0.15, 0.2) is 30.3 Å². The zero-order chi connectivity index (χ0) is 20.6. The van der Waals surface area contributed by atoms with Crippen molar-refractivity contribution >= 4 is 23.2 Å². The highest BCUT2D eigenvalue weighted by Gasteiger charge is 2.15. The molecule has 0 bridgehead atoms. The summed E-state index contributed by atoms with van der Waals surface area (Å²) in [5.74, 6) is 1.50.